The molecule has 1 aliphatic rings. The predicted octanol–water partition coefficient (Wildman–Crippen LogP) is 3.28. The van der Waals surface area contributed by atoms with Crippen molar-refractivity contribution in [2.24, 2.45) is 0 Å². The lowest BCUT2D eigenvalue weighted by Gasteiger charge is -2.17. The molecule has 4 nitrogen and oxygen atoms in total. The van der Waals surface area contributed by atoms with Gasteiger partial charge in [0.25, 0.3) is 0 Å². The maximum atomic E-state index is 12.2. The second kappa shape index (κ2) is 6.33. The Morgan fingerprint density at radius 2 is 1.75 bits per heavy atom. The van der Waals surface area contributed by atoms with Gasteiger partial charge in [-0.05, 0) is 33.1 Å². The molecule has 1 saturated carbocycles. The van der Waals surface area contributed by atoms with Gasteiger partial charge in [-0.25, -0.2) is 0 Å². The van der Waals surface area contributed by atoms with Crippen LogP contribution in [0.1, 0.15) is 39.5 Å². The first-order chi connectivity index (χ1) is 7.61. The van der Waals surface area contributed by atoms with E-state index in [2.05, 4.69) is 0 Å². The largest absolute Gasteiger partial charge is 0.354 e. The molecule has 1 fully saturated rings. The zero-order chi connectivity index (χ0) is 12.0. The van der Waals surface area contributed by atoms with Gasteiger partial charge in [-0.15, -0.1) is 0 Å². The third kappa shape index (κ3) is 3.85. The van der Waals surface area contributed by atoms with Crippen LogP contribution in [-0.2, 0) is 18.4 Å². The van der Waals surface area contributed by atoms with E-state index < -0.39 is 7.60 Å². The third-order valence-electron chi connectivity index (χ3n) is 2.39. The number of hydrogen-bond donors (Lipinski definition) is 0. The van der Waals surface area contributed by atoms with Gasteiger partial charge in [0.1, 0.15) is 0 Å². The summed E-state index contributed by atoms with van der Waals surface area (Å²) in [6.45, 7) is 4.14. The summed E-state index contributed by atoms with van der Waals surface area (Å²) in [5.41, 5.74) is 0.608. The molecule has 92 valence electrons. The van der Waals surface area contributed by atoms with E-state index in [4.69, 9.17) is 9.05 Å². The summed E-state index contributed by atoms with van der Waals surface area (Å²) in [4.78, 5) is 11.6. The van der Waals surface area contributed by atoms with Crippen LogP contribution in [0.4, 0.5) is 0 Å². The van der Waals surface area contributed by atoms with Crippen LogP contribution in [-0.4, -0.2) is 19.0 Å². The Kier molecular flexibility index (Phi) is 5.39. The normalized spacial score (nSPS) is 20.4. The molecule has 1 aliphatic carbocycles. The lowest BCUT2D eigenvalue weighted by atomic mass is 9.95. The van der Waals surface area contributed by atoms with Crippen molar-refractivity contribution in [3.05, 3.63) is 11.4 Å². The molecule has 5 heteroatoms. The molecule has 0 N–H and O–H groups in total. The summed E-state index contributed by atoms with van der Waals surface area (Å²) in [7, 11) is -3.21. The zero-order valence-electron chi connectivity index (χ0n) is 9.90. The first-order valence-electron chi connectivity index (χ1n) is 5.75. The fourth-order valence-corrected chi connectivity index (χ4v) is 3.30. The number of Topliss-reactive ketones (excluding diaryl/α,β-unsaturated/α-hetero) is 1. The number of allylic oxidation sites excluding steroid dienone is 1. The molecule has 0 spiro atoms. The SMILES string of the molecule is CCOP(=O)(/C=C1/CCCCC1=O)OCC. The number of rotatable bonds is 5. The highest BCUT2D eigenvalue weighted by Gasteiger charge is 2.25. The van der Waals surface area contributed by atoms with Crippen molar-refractivity contribution < 1.29 is 18.4 Å². The van der Waals surface area contributed by atoms with Gasteiger partial charge >= 0.3 is 7.60 Å². The Morgan fingerprint density at radius 3 is 2.25 bits per heavy atom. The molecule has 0 amide bonds. The summed E-state index contributed by atoms with van der Waals surface area (Å²) in [5.74, 6) is 1.49. The molecule has 0 heterocycles. The van der Waals surface area contributed by atoms with Crippen LogP contribution in [0.5, 0.6) is 0 Å². The molecule has 0 aromatic carbocycles. The van der Waals surface area contributed by atoms with E-state index in [0.29, 0.717) is 31.6 Å². The van der Waals surface area contributed by atoms with Crippen LogP contribution in [0, 0.1) is 0 Å². The minimum absolute atomic E-state index is 0.0749. The van der Waals surface area contributed by atoms with Gasteiger partial charge in [-0.3, -0.25) is 9.36 Å². The van der Waals surface area contributed by atoms with Gasteiger partial charge in [-0.2, -0.15) is 0 Å². The molecule has 1 rings (SSSR count). The quantitative estimate of drug-likeness (QED) is 0.551. The van der Waals surface area contributed by atoms with E-state index in [0.717, 1.165) is 12.8 Å². The van der Waals surface area contributed by atoms with Crippen LogP contribution in [0.15, 0.2) is 11.4 Å². The Balaban J connectivity index is 2.82. The summed E-state index contributed by atoms with van der Waals surface area (Å²) in [6, 6.07) is 0. The minimum Gasteiger partial charge on any atom is -0.306 e. The van der Waals surface area contributed by atoms with Gasteiger partial charge in [0.15, 0.2) is 5.78 Å². The molecule has 16 heavy (non-hydrogen) atoms. The number of carbonyl (C=O) groups excluding carboxylic acids is 1. The fraction of sp³-hybridized carbons (Fsp3) is 0.727. The van der Waals surface area contributed by atoms with Crippen LogP contribution < -0.4 is 0 Å². The van der Waals surface area contributed by atoms with Gasteiger partial charge < -0.3 is 9.05 Å². The Hall–Kier alpha value is -0.440. The number of ketones is 1. The second-order valence-corrected chi connectivity index (χ2v) is 5.51. The average molecular weight is 246 g/mol. The standard InChI is InChI=1S/C11H19O4P/c1-3-14-16(13,15-4-2)9-10-7-5-6-8-11(10)12/h9H,3-8H2,1-2H3/b10-9-. The lowest BCUT2D eigenvalue weighted by molar-refractivity contribution is -0.116. The van der Waals surface area contributed by atoms with Gasteiger partial charge in [-0.1, -0.05) is 0 Å². The molecular weight excluding hydrogens is 227 g/mol. The highest BCUT2D eigenvalue weighted by molar-refractivity contribution is 7.57. The van der Waals surface area contributed by atoms with Crippen molar-refractivity contribution in [3.8, 4) is 0 Å². The Morgan fingerprint density at radius 1 is 1.19 bits per heavy atom. The van der Waals surface area contributed by atoms with Gasteiger partial charge in [0.05, 0.1) is 13.2 Å². The van der Waals surface area contributed by atoms with Crippen LogP contribution >= 0.6 is 7.60 Å². The molecule has 0 unspecified atom stereocenters. The predicted molar refractivity (Wildman–Crippen MR) is 62.4 cm³/mol. The summed E-state index contributed by atoms with van der Waals surface area (Å²) < 4.78 is 22.4. The highest BCUT2D eigenvalue weighted by atomic mass is 31.2. The van der Waals surface area contributed by atoms with E-state index in [-0.39, 0.29) is 5.78 Å². The average Bonchev–Trinajstić information content (AvgIpc) is 2.22. The molecule has 0 aliphatic heterocycles. The maximum absolute atomic E-state index is 12.2. The maximum Gasteiger partial charge on any atom is 0.354 e. The van der Waals surface area contributed by atoms with Crippen LogP contribution in [0.25, 0.3) is 0 Å². The molecule has 0 saturated heterocycles. The monoisotopic (exact) mass is 246 g/mol. The van der Waals surface area contributed by atoms with Crippen molar-refractivity contribution in [2.75, 3.05) is 13.2 Å². The fourth-order valence-electron chi connectivity index (χ4n) is 1.70. The molecule has 0 bridgehead atoms. The minimum atomic E-state index is -3.21. The Labute approximate surface area is 96.5 Å². The first kappa shape index (κ1) is 13.6. The smallest absolute Gasteiger partial charge is 0.306 e. The van der Waals surface area contributed by atoms with Crippen LogP contribution in [0.3, 0.4) is 0 Å². The zero-order valence-corrected chi connectivity index (χ0v) is 10.8. The topological polar surface area (TPSA) is 52.6 Å². The summed E-state index contributed by atoms with van der Waals surface area (Å²) in [5, 5.41) is 0. The van der Waals surface area contributed by atoms with Crippen molar-refractivity contribution in [2.45, 2.75) is 39.5 Å². The van der Waals surface area contributed by atoms with E-state index in [9.17, 15) is 9.36 Å². The number of hydrogen-bond acceptors (Lipinski definition) is 4. The highest BCUT2D eigenvalue weighted by Crippen LogP contribution is 2.51. The van der Waals surface area contributed by atoms with Crippen molar-refractivity contribution in [1.29, 1.82) is 0 Å². The molecular formula is C11H19O4P. The van der Waals surface area contributed by atoms with E-state index in [1.165, 1.54) is 5.82 Å². The third-order valence-corrected chi connectivity index (χ3v) is 4.25. The van der Waals surface area contributed by atoms with Crippen molar-refractivity contribution >= 4 is 13.4 Å². The van der Waals surface area contributed by atoms with Crippen molar-refractivity contribution in [3.63, 3.8) is 0 Å². The van der Waals surface area contributed by atoms with E-state index in [1.807, 2.05) is 0 Å². The van der Waals surface area contributed by atoms with E-state index >= 15 is 0 Å². The molecule has 0 aromatic heterocycles. The number of carbonyl (C=O) groups is 1. The Bertz CT molecular complexity index is 312. The van der Waals surface area contributed by atoms with Crippen LogP contribution in [0.2, 0.25) is 0 Å². The summed E-state index contributed by atoms with van der Waals surface area (Å²) >= 11 is 0. The molecule has 0 atom stereocenters. The molecule has 0 radical (unpaired) electrons. The van der Waals surface area contributed by atoms with Gasteiger partial charge in [0, 0.05) is 17.8 Å². The molecule has 0 aromatic rings. The van der Waals surface area contributed by atoms with E-state index in [1.54, 1.807) is 13.8 Å². The second-order valence-electron chi connectivity index (χ2n) is 3.66. The summed E-state index contributed by atoms with van der Waals surface area (Å²) in [6.07, 6.45) is 3.12. The lowest BCUT2D eigenvalue weighted by Crippen LogP contribution is -2.09. The van der Waals surface area contributed by atoms with Crippen molar-refractivity contribution in [1.82, 2.24) is 0 Å². The van der Waals surface area contributed by atoms with Gasteiger partial charge in [0.2, 0.25) is 0 Å². The first-order valence-corrected chi connectivity index (χ1v) is 7.36.